The molecule has 0 spiro atoms. The molecule has 0 bridgehead atoms. The summed E-state index contributed by atoms with van der Waals surface area (Å²) in [7, 11) is 1.63. The summed E-state index contributed by atoms with van der Waals surface area (Å²) in [6, 6.07) is 13.5. The van der Waals surface area contributed by atoms with Crippen LogP contribution in [-0.2, 0) is 0 Å². The Kier molecular flexibility index (Phi) is 5.40. The molecule has 1 fully saturated rings. The molecule has 0 saturated carbocycles. The monoisotopic (exact) mass is 414 g/mol. The highest BCUT2D eigenvalue weighted by atomic mass is 35.5. The van der Waals surface area contributed by atoms with Gasteiger partial charge in [-0.05, 0) is 54.4 Å². The number of rotatable bonds is 5. The molecule has 1 aliphatic heterocycles. The summed E-state index contributed by atoms with van der Waals surface area (Å²) in [5.74, 6) is 0.556. The molecule has 2 heterocycles. The van der Waals surface area contributed by atoms with Crippen LogP contribution < -0.4 is 15.0 Å². The number of methoxy groups -OCH3 is 1. The number of hydrogen-bond donors (Lipinski definition) is 2. The molecule has 1 aromatic heterocycles. The number of aromatic nitrogens is 2. The first kappa shape index (κ1) is 19.3. The molecule has 1 atom stereocenters. The van der Waals surface area contributed by atoms with Crippen molar-refractivity contribution in [2.24, 2.45) is 0 Å². The van der Waals surface area contributed by atoms with Crippen molar-refractivity contribution in [3.63, 3.8) is 0 Å². The van der Waals surface area contributed by atoms with E-state index in [2.05, 4.69) is 20.4 Å². The van der Waals surface area contributed by atoms with E-state index in [1.54, 1.807) is 7.11 Å². The lowest BCUT2D eigenvalue weighted by atomic mass is 10.1. The van der Waals surface area contributed by atoms with Crippen LogP contribution in [0.5, 0.6) is 5.75 Å². The molecular formula is C21H20ClFN4O2. The Morgan fingerprint density at radius 2 is 2.07 bits per heavy atom. The molecule has 1 unspecified atom stereocenters. The molecule has 1 amide bonds. The first-order valence-electron chi connectivity index (χ1n) is 9.24. The number of halogens is 2. The van der Waals surface area contributed by atoms with Gasteiger partial charge in [0.1, 0.15) is 11.6 Å². The van der Waals surface area contributed by atoms with Gasteiger partial charge in [0, 0.05) is 30.2 Å². The Bertz CT molecular complexity index is 1020. The van der Waals surface area contributed by atoms with Crippen LogP contribution >= 0.6 is 11.6 Å². The molecule has 29 heavy (non-hydrogen) atoms. The van der Waals surface area contributed by atoms with Crippen molar-refractivity contribution in [1.82, 2.24) is 15.5 Å². The average Bonchev–Trinajstić information content (AvgIpc) is 3.39. The summed E-state index contributed by atoms with van der Waals surface area (Å²) in [4.78, 5) is 14.5. The van der Waals surface area contributed by atoms with Crippen LogP contribution in [0.3, 0.4) is 0 Å². The van der Waals surface area contributed by atoms with Crippen LogP contribution in [0.1, 0.15) is 16.8 Å². The van der Waals surface area contributed by atoms with Gasteiger partial charge in [0.15, 0.2) is 5.82 Å². The SMILES string of the molecule is COc1ccc(-c2cc(N3CCC(NC(=O)c4cc(Cl)ccc4F)C3)n[nH]2)cc1. The molecule has 4 rings (SSSR count). The van der Waals surface area contributed by atoms with E-state index in [-0.39, 0.29) is 11.6 Å². The Balaban J connectivity index is 1.40. The fourth-order valence-corrected chi connectivity index (χ4v) is 3.58. The zero-order chi connectivity index (χ0) is 20.4. The van der Waals surface area contributed by atoms with Crippen LogP contribution in [0.2, 0.25) is 5.02 Å². The summed E-state index contributed by atoms with van der Waals surface area (Å²) < 4.78 is 19.1. The van der Waals surface area contributed by atoms with Gasteiger partial charge in [-0.25, -0.2) is 4.39 Å². The van der Waals surface area contributed by atoms with E-state index in [0.717, 1.165) is 35.8 Å². The first-order valence-corrected chi connectivity index (χ1v) is 9.62. The van der Waals surface area contributed by atoms with Gasteiger partial charge in [-0.3, -0.25) is 9.89 Å². The van der Waals surface area contributed by atoms with Gasteiger partial charge in [-0.15, -0.1) is 0 Å². The normalized spacial score (nSPS) is 16.1. The molecule has 3 aromatic rings. The number of nitrogens with zero attached hydrogens (tertiary/aromatic N) is 2. The van der Waals surface area contributed by atoms with Crippen LogP contribution in [0.15, 0.2) is 48.5 Å². The van der Waals surface area contributed by atoms with Crippen LogP contribution in [0.25, 0.3) is 11.3 Å². The standard InChI is InChI=1S/C21H20ClFN4O2/c1-29-16-5-2-13(3-6-16)19-11-20(26-25-19)27-9-8-15(12-27)24-21(28)17-10-14(22)4-7-18(17)23/h2-7,10-11,15H,8-9,12H2,1H3,(H,24,28)(H,25,26). The minimum Gasteiger partial charge on any atom is -0.497 e. The van der Waals surface area contributed by atoms with E-state index in [0.29, 0.717) is 11.6 Å². The predicted octanol–water partition coefficient (Wildman–Crippen LogP) is 3.89. The molecule has 2 N–H and O–H groups in total. The Labute approximate surface area is 172 Å². The number of hydrogen-bond acceptors (Lipinski definition) is 4. The molecule has 1 saturated heterocycles. The van der Waals surface area contributed by atoms with E-state index in [1.807, 2.05) is 30.3 Å². The highest BCUT2D eigenvalue weighted by molar-refractivity contribution is 6.31. The van der Waals surface area contributed by atoms with Gasteiger partial charge < -0.3 is 15.0 Å². The fraction of sp³-hybridized carbons (Fsp3) is 0.238. The van der Waals surface area contributed by atoms with Crippen LogP contribution in [0, 0.1) is 5.82 Å². The number of H-pyrrole nitrogens is 1. The summed E-state index contributed by atoms with van der Waals surface area (Å²) in [5, 5.41) is 10.7. The third-order valence-corrected chi connectivity index (χ3v) is 5.22. The van der Waals surface area contributed by atoms with Gasteiger partial charge in [-0.1, -0.05) is 11.6 Å². The summed E-state index contributed by atoms with van der Waals surface area (Å²) in [6.45, 7) is 1.34. The number of nitrogens with one attached hydrogen (secondary N) is 2. The zero-order valence-corrected chi connectivity index (χ0v) is 16.5. The highest BCUT2D eigenvalue weighted by Crippen LogP contribution is 2.26. The maximum absolute atomic E-state index is 13.9. The number of amides is 1. The van der Waals surface area contributed by atoms with Crippen molar-refractivity contribution in [2.75, 3.05) is 25.1 Å². The maximum atomic E-state index is 13.9. The van der Waals surface area contributed by atoms with Gasteiger partial charge >= 0.3 is 0 Å². The zero-order valence-electron chi connectivity index (χ0n) is 15.8. The van der Waals surface area contributed by atoms with Gasteiger partial charge in [0.25, 0.3) is 5.91 Å². The maximum Gasteiger partial charge on any atom is 0.254 e. The third kappa shape index (κ3) is 4.19. The van der Waals surface area contributed by atoms with Gasteiger partial charge in [-0.2, -0.15) is 5.10 Å². The smallest absolute Gasteiger partial charge is 0.254 e. The second-order valence-corrected chi connectivity index (χ2v) is 7.33. The number of benzene rings is 2. The van der Waals surface area contributed by atoms with E-state index < -0.39 is 11.7 Å². The van der Waals surface area contributed by atoms with Gasteiger partial charge in [0.05, 0.1) is 18.4 Å². The lowest BCUT2D eigenvalue weighted by Crippen LogP contribution is -2.37. The highest BCUT2D eigenvalue weighted by Gasteiger charge is 2.26. The Morgan fingerprint density at radius 3 is 2.83 bits per heavy atom. The van der Waals surface area contributed by atoms with Gasteiger partial charge in [0.2, 0.25) is 0 Å². The van der Waals surface area contributed by atoms with E-state index in [1.165, 1.54) is 18.2 Å². The van der Waals surface area contributed by atoms with Crippen LogP contribution in [-0.4, -0.2) is 42.3 Å². The minimum absolute atomic E-state index is 0.0440. The second kappa shape index (κ2) is 8.13. The number of anilines is 1. The molecule has 1 aliphatic rings. The Hall–Kier alpha value is -3.06. The largest absolute Gasteiger partial charge is 0.497 e. The molecule has 150 valence electrons. The summed E-state index contributed by atoms with van der Waals surface area (Å²) in [5.41, 5.74) is 1.86. The number of carbonyl (C=O) groups is 1. The van der Waals surface area contributed by atoms with Crippen molar-refractivity contribution in [1.29, 1.82) is 0 Å². The quantitative estimate of drug-likeness (QED) is 0.664. The molecule has 6 nitrogen and oxygen atoms in total. The molecule has 2 aromatic carbocycles. The average molecular weight is 415 g/mol. The number of carbonyl (C=O) groups excluding carboxylic acids is 1. The van der Waals surface area contributed by atoms with Crippen molar-refractivity contribution in [2.45, 2.75) is 12.5 Å². The van der Waals surface area contributed by atoms with Crippen LogP contribution in [0.4, 0.5) is 10.2 Å². The third-order valence-electron chi connectivity index (χ3n) is 4.99. The van der Waals surface area contributed by atoms with Crippen molar-refractivity contribution >= 4 is 23.3 Å². The van der Waals surface area contributed by atoms with E-state index in [4.69, 9.17) is 16.3 Å². The lowest BCUT2D eigenvalue weighted by Gasteiger charge is -2.16. The lowest BCUT2D eigenvalue weighted by molar-refractivity contribution is 0.0936. The minimum atomic E-state index is -0.585. The fourth-order valence-electron chi connectivity index (χ4n) is 3.41. The molecule has 0 radical (unpaired) electrons. The number of aromatic amines is 1. The van der Waals surface area contributed by atoms with E-state index >= 15 is 0 Å². The first-order chi connectivity index (χ1) is 14.0. The Morgan fingerprint density at radius 1 is 1.28 bits per heavy atom. The van der Waals surface area contributed by atoms with Crippen molar-refractivity contribution in [3.8, 4) is 17.0 Å². The van der Waals surface area contributed by atoms with Crippen molar-refractivity contribution in [3.05, 3.63) is 64.9 Å². The second-order valence-electron chi connectivity index (χ2n) is 6.90. The summed E-state index contributed by atoms with van der Waals surface area (Å²) in [6.07, 6.45) is 0.749. The summed E-state index contributed by atoms with van der Waals surface area (Å²) >= 11 is 5.88. The molecular weight excluding hydrogens is 395 g/mol. The topological polar surface area (TPSA) is 70.2 Å². The van der Waals surface area contributed by atoms with Crippen molar-refractivity contribution < 1.29 is 13.9 Å². The molecule has 8 heteroatoms. The van der Waals surface area contributed by atoms with E-state index in [9.17, 15) is 9.18 Å². The number of ether oxygens (including phenoxy) is 1. The molecule has 0 aliphatic carbocycles. The predicted molar refractivity (Wildman–Crippen MR) is 110 cm³/mol.